The Morgan fingerprint density at radius 3 is 2.56 bits per heavy atom. The quantitative estimate of drug-likeness (QED) is 0.679. The molecular formula is C10H15N3O3. The molecule has 0 aliphatic heterocycles. The molecule has 0 spiro atoms. The molecule has 0 fully saturated rings. The van der Waals surface area contributed by atoms with Gasteiger partial charge in [0.05, 0.1) is 12.4 Å². The lowest BCUT2D eigenvalue weighted by Gasteiger charge is -2.19. The van der Waals surface area contributed by atoms with E-state index >= 15 is 0 Å². The highest BCUT2D eigenvalue weighted by Crippen LogP contribution is 2.09. The SMILES string of the molecule is CC(CO)C(C)Nc1cnc(C(=O)O)cn1. The van der Waals surface area contributed by atoms with Crippen molar-refractivity contribution in [2.75, 3.05) is 11.9 Å². The van der Waals surface area contributed by atoms with E-state index in [1.54, 1.807) is 0 Å². The topological polar surface area (TPSA) is 95.3 Å². The molecule has 1 aromatic heterocycles. The van der Waals surface area contributed by atoms with Crippen molar-refractivity contribution in [2.45, 2.75) is 19.9 Å². The number of hydrogen-bond acceptors (Lipinski definition) is 5. The molecule has 6 heteroatoms. The first kappa shape index (κ1) is 12.4. The van der Waals surface area contributed by atoms with E-state index in [0.717, 1.165) is 0 Å². The monoisotopic (exact) mass is 225 g/mol. The summed E-state index contributed by atoms with van der Waals surface area (Å²) in [4.78, 5) is 18.2. The van der Waals surface area contributed by atoms with Gasteiger partial charge in [0.15, 0.2) is 5.69 Å². The van der Waals surface area contributed by atoms with E-state index in [0.29, 0.717) is 5.82 Å². The van der Waals surface area contributed by atoms with Crippen molar-refractivity contribution in [3.8, 4) is 0 Å². The van der Waals surface area contributed by atoms with Crippen molar-refractivity contribution in [3.63, 3.8) is 0 Å². The Bertz CT molecular complexity index is 353. The lowest BCUT2D eigenvalue weighted by atomic mass is 10.1. The number of anilines is 1. The minimum absolute atomic E-state index is 0.0370. The van der Waals surface area contributed by atoms with Crippen molar-refractivity contribution in [2.24, 2.45) is 5.92 Å². The molecule has 1 rings (SSSR count). The van der Waals surface area contributed by atoms with Crippen LogP contribution in [0.1, 0.15) is 24.3 Å². The van der Waals surface area contributed by atoms with Gasteiger partial charge in [-0.2, -0.15) is 0 Å². The number of hydrogen-bond donors (Lipinski definition) is 3. The normalized spacial score (nSPS) is 14.2. The number of carboxylic acids is 1. The number of aliphatic hydroxyl groups is 1. The third-order valence-electron chi connectivity index (χ3n) is 2.39. The molecule has 0 radical (unpaired) electrons. The molecule has 2 unspecified atom stereocenters. The average Bonchev–Trinajstić information content (AvgIpc) is 2.28. The maximum Gasteiger partial charge on any atom is 0.356 e. The number of carboxylic acid groups (broad SMARTS) is 1. The molecule has 0 aromatic carbocycles. The third kappa shape index (κ3) is 3.16. The van der Waals surface area contributed by atoms with Crippen molar-refractivity contribution in [3.05, 3.63) is 18.1 Å². The van der Waals surface area contributed by atoms with Crippen LogP contribution >= 0.6 is 0 Å². The molecule has 0 amide bonds. The fourth-order valence-electron chi connectivity index (χ4n) is 1.05. The van der Waals surface area contributed by atoms with E-state index in [1.165, 1.54) is 12.4 Å². The van der Waals surface area contributed by atoms with Crippen LogP contribution < -0.4 is 5.32 Å². The minimum atomic E-state index is -1.10. The molecule has 6 nitrogen and oxygen atoms in total. The van der Waals surface area contributed by atoms with Gasteiger partial charge in [-0.1, -0.05) is 6.92 Å². The summed E-state index contributed by atoms with van der Waals surface area (Å²) in [6, 6.07) is 0.0370. The number of carbonyl (C=O) groups is 1. The van der Waals surface area contributed by atoms with Gasteiger partial charge >= 0.3 is 5.97 Å². The van der Waals surface area contributed by atoms with E-state index in [4.69, 9.17) is 10.2 Å². The zero-order valence-corrected chi connectivity index (χ0v) is 9.21. The molecule has 88 valence electrons. The maximum absolute atomic E-state index is 10.5. The van der Waals surface area contributed by atoms with Crippen molar-refractivity contribution in [1.82, 2.24) is 9.97 Å². The number of nitrogens with one attached hydrogen (secondary N) is 1. The summed E-state index contributed by atoms with van der Waals surface area (Å²) in [6.07, 6.45) is 2.56. The van der Waals surface area contributed by atoms with Gasteiger partial charge in [0.2, 0.25) is 0 Å². The number of aromatic nitrogens is 2. The Balaban J connectivity index is 2.65. The minimum Gasteiger partial charge on any atom is -0.476 e. The second-order valence-corrected chi connectivity index (χ2v) is 3.68. The molecular weight excluding hydrogens is 210 g/mol. The maximum atomic E-state index is 10.5. The van der Waals surface area contributed by atoms with Crippen LogP contribution in [0.25, 0.3) is 0 Å². The van der Waals surface area contributed by atoms with Crippen molar-refractivity contribution >= 4 is 11.8 Å². The fraction of sp³-hybridized carbons (Fsp3) is 0.500. The second kappa shape index (κ2) is 5.41. The van der Waals surface area contributed by atoms with Crippen LogP contribution in [-0.2, 0) is 0 Å². The van der Waals surface area contributed by atoms with E-state index in [2.05, 4.69) is 15.3 Å². The highest BCUT2D eigenvalue weighted by Gasteiger charge is 2.12. The number of aliphatic hydroxyl groups excluding tert-OH is 1. The number of nitrogens with zero attached hydrogens (tertiary/aromatic N) is 2. The fourth-order valence-corrected chi connectivity index (χ4v) is 1.05. The molecule has 1 aromatic rings. The van der Waals surface area contributed by atoms with Crippen LogP contribution in [0.3, 0.4) is 0 Å². The zero-order chi connectivity index (χ0) is 12.1. The van der Waals surface area contributed by atoms with E-state index in [1.807, 2.05) is 13.8 Å². The second-order valence-electron chi connectivity index (χ2n) is 3.68. The molecule has 0 saturated heterocycles. The molecule has 0 aliphatic carbocycles. The summed E-state index contributed by atoms with van der Waals surface area (Å²) in [7, 11) is 0. The van der Waals surface area contributed by atoms with Gasteiger partial charge in [-0.15, -0.1) is 0 Å². The molecule has 16 heavy (non-hydrogen) atoms. The first-order valence-electron chi connectivity index (χ1n) is 4.97. The Hall–Kier alpha value is -1.69. The summed E-state index contributed by atoms with van der Waals surface area (Å²) in [5, 5.41) is 20.6. The summed E-state index contributed by atoms with van der Waals surface area (Å²) in [6.45, 7) is 3.89. The van der Waals surface area contributed by atoms with E-state index < -0.39 is 5.97 Å². The molecule has 3 N–H and O–H groups in total. The molecule has 1 heterocycles. The highest BCUT2D eigenvalue weighted by molar-refractivity contribution is 5.84. The summed E-state index contributed by atoms with van der Waals surface area (Å²) in [5.41, 5.74) is -0.0894. The summed E-state index contributed by atoms with van der Waals surface area (Å²) in [5.74, 6) is -0.519. The number of rotatable bonds is 5. The van der Waals surface area contributed by atoms with Crippen LogP contribution in [-0.4, -0.2) is 38.8 Å². The van der Waals surface area contributed by atoms with Gasteiger partial charge in [0.1, 0.15) is 5.82 Å². The predicted octanol–water partition coefficient (Wildman–Crippen LogP) is 0.604. The first-order chi connectivity index (χ1) is 7.54. The van der Waals surface area contributed by atoms with E-state index in [9.17, 15) is 4.79 Å². The Morgan fingerprint density at radius 1 is 1.44 bits per heavy atom. The lowest BCUT2D eigenvalue weighted by Crippen LogP contribution is -2.26. The largest absolute Gasteiger partial charge is 0.476 e. The predicted molar refractivity (Wildman–Crippen MR) is 58.3 cm³/mol. The molecule has 0 bridgehead atoms. The van der Waals surface area contributed by atoms with Gasteiger partial charge in [0, 0.05) is 12.6 Å². The van der Waals surface area contributed by atoms with Crippen molar-refractivity contribution < 1.29 is 15.0 Å². The standard InChI is InChI=1S/C10H15N3O3/c1-6(5-14)7(2)13-9-4-11-8(3-12-9)10(15)16/h3-4,6-7,14H,5H2,1-2H3,(H,12,13)(H,15,16). The zero-order valence-electron chi connectivity index (χ0n) is 9.21. The third-order valence-corrected chi connectivity index (χ3v) is 2.39. The van der Waals surface area contributed by atoms with Gasteiger partial charge in [-0.05, 0) is 12.8 Å². The smallest absolute Gasteiger partial charge is 0.356 e. The highest BCUT2D eigenvalue weighted by atomic mass is 16.4. The van der Waals surface area contributed by atoms with Gasteiger partial charge in [0.25, 0.3) is 0 Å². The lowest BCUT2D eigenvalue weighted by molar-refractivity contribution is 0.0690. The van der Waals surface area contributed by atoms with E-state index in [-0.39, 0.29) is 24.3 Å². The molecule has 0 aliphatic rings. The Labute approximate surface area is 93.4 Å². The van der Waals surface area contributed by atoms with Crippen LogP contribution in [0.4, 0.5) is 5.82 Å². The summed E-state index contributed by atoms with van der Waals surface area (Å²) < 4.78 is 0. The van der Waals surface area contributed by atoms with Crippen LogP contribution in [0.2, 0.25) is 0 Å². The first-order valence-corrected chi connectivity index (χ1v) is 4.97. The van der Waals surface area contributed by atoms with Gasteiger partial charge in [-0.3, -0.25) is 0 Å². The van der Waals surface area contributed by atoms with Crippen LogP contribution in [0.15, 0.2) is 12.4 Å². The average molecular weight is 225 g/mol. The van der Waals surface area contributed by atoms with Crippen LogP contribution in [0.5, 0.6) is 0 Å². The Kier molecular flexibility index (Phi) is 4.19. The van der Waals surface area contributed by atoms with Crippen molar-refractivity contribution in [1.29, 1.82) is 0 Å². The summed E-state index contributed by atoms with van der Waals surface area (Å²) >= 11 is 0. The molecule has 2 atom stereocenters. The van der Waals surface area contributed by atoms with Gasteiger partial charge < -0.3 is 15.5 Å². The number of aromatic carboxylic acids is 1. The van der Waals surface area contributed by atoms with Crippen LogP contribution in [0, 0.1) is 5.92 Å². The Morgan fingerprint density at radius 2 is 2.12 bits per heavy atom. The van der Waals surface area contributed by atoms with Gasteiger partial charge in [-0.25, -0.2) is 14.8 Å². The molecule has 0 saturated carbocycles.